The van der Waals surface area contributed by atoms with E-state index < -0.39 is 34.5 Å². The Bertz CT molecular complexity index is 1120. The molecule has 0 saturated heterocycles. The fourth-order valence-corrected chi connectivity index (χ4v) is 4.09. The number of hydrogen-bond donors (Lipinski definition) is 2. The van der Waals surface area contributed by atoms with E-state index in [4.69, 9.17) is 4.74 Å². The Labute approximate surface area is 199 Å². The zero-order valence-corrected chi connectivity index (χ0v) is 20.7. The van der Waals surface area contributed by atoms with Gasteiger partial charge in [-0.1, -0.05) is 12.1 Å². The van der Waals surface area contributed by atoms with Gasteiger partial charge >= 0.3 is 5.97 Å². The second kappa shape index (κ2) is 11.6. The van der Waals surface area contributed by atoms with Crippen LogP contribution in [0.25, 0.3) is 0 Å². The Kier molecular flexibility index (Phi) is 9.16. The molecule has 0 unspecified atom stereocenters. The molecule has 2 aromatic carbocycles. The first kappa shape index (κ1) is 26.8. The highest BCUT2D eigenvalue weighted by Crippen LogP contribution is 2.15. The number of nitrogens with zero attached hydrogens (tertiary/aromatic N) is 2. The van der Waals surface area contributed by atoms with Crippen LogP contribution in [0, 0.1) is 0 Å². The third-order valence-corrected chi connectivity index (χ3v) is 6.36. The van der Waals surface area contributed by atoms with E-state index in [1.165, 1.54) is 43.0 Å². The Morgan fingerprint density at radius 1 is 0.971 bits per heavy atom. The number of likely N-dealkylation sites (N-methyl/N-ethyl adjacent to an activating group) is 1. The van der Waals surface area contributed by atoms with Gasteiger partial charge in [0.1, 0.15) is 6.04 Å². The normalized spacial score (nSPS) is 11.9. The van der Waals surface area contributed by atoms with Gasteiger partial charge in [0.25, 0.3) is 5.91 Å². The monoisotopic (exact) mass is 490 g/mol. The topological polar surface area (TPSA) is 125 Å². The van der Waals surface area contributed by atoms with Crippen molar-refractivity contribution in [1.29, 1.82) is 0 Å². The smallest absolute Gasteiger partial charge is 0.324 e. The molecule has 0 radical (unpaired) electrons. The molecular formula is C23H30N4O6S. The number of carbonyl (C=O) groups is 3. The van der Waals surface area contributed by atoms with Gasteiger partial charge in [-0.05, 0) is 48.9 Å². The van der Waals surface area contributed by atoms with E-state index in [9.17, 15) is 22.8 Å². The predicted octanol–water partition coefficient (Wildman–Crippen LogP) is 1.58. The van der Waals surface area contributed by atoms with Crippen LogP contribution in [0.4, 0.5) is 11.4 Å². The van der Waals surface area contributed by atoms with Gasteiger partial charge in [-0.15, -0.1) is 0 Å². The Balaban J connectivity index is 1.87. The van der Waals surface area contributed by atoms with Crippen LogP contribution in [-0.4, -0.2) is 64.9 Å². The van der Waals surface area contributed by atoms with Crippen LogP contribution < -0.4 is 14.9 Å². The summed E-state index contributed by atoms with van der Waals surface area (Å²) in [5.74, 6) is -1.59. The minimum atomic E-state index is -4.02. The summed E-state index contributed by atoms with van der Waals surface area (Å²) in [5.41, 5.74) is 2.39. The molecule has 0 aliphatic rings. The molecular weight excluding hydrogens is 460 g/mol. The van der Waals surface area contributed by atoms with Crippen LogP contribution in [0.15, 0.2) is 53.4 Å². The number of ether oxygens (including phenoxy) is 1. The van der Waals surface area contributed by atoms with Gasteiger partial charge in [0, 0.05) is 46.0 Å². The van der Waals surface area contributed by atoms with Gasteiger partial charge in [0.2, 0.25) is 15.9 Å². The van der Waals surface area contributed by atoms with Gasteiger partial charge in [-0.3, -0.25) is 14.4 Å². The average molecular weight is 491 g/mol. The van der Waals surface area contributed by atoms with E-state index in [2.05, 4.69) is 10.0 Å². The molecule has 0 fully saturated rings. The number of rotatable bonds is 10. The number of anilines is 2. The molecule has 1 atom stereocenters. The summed E-state index contributed by atoms with van der Waals surface area (Å²) < 4.78 is 32.3. The first-order chi connectivity index (χ1) is 15.9. The maximum atomic E-state index is 12.5. The van der Waals surface area contributed by atoms with Crippen molar-refractivity contribution >= 4 is 39.2 Å². The Morgan fingerprint density at radius 2 is 1.56 bits per heavy atom. The number of sulfonamides is 1. The molecule has 0 aliphatic heterocycles. The van der Waals surface area contributed by atoms with Crippen LogP contribution in [0.3, 0.4) is 0 Å². The van der Waals surface area contributed by atoms with E-state index >= 15 is 0 Å². The zero-order valence-electron chi connectivity index (χ0n) is 19.9. The van der Waals surface area contributed by atoms with E-state index in [1.807, 2.05) is 43.3 Å². The largest absolute Gasteiger partial charge is 0.454 e. The van der Waals surface area contributed by atoms with Crippen molar-refractivity contribution in [3.8, 4) is 0 Å². The fraction of sp³-hybridized carbons (Fsp3) is 0.348. The van der Waals surface area contributed by atoms with Crippen LogP contribution in [-0.2, 0) is 35.7 Å². The molecule has 0 bridgehead atoms. The molecule has 10 nitrogen and oxygen atoms in total. The van der Waals surface area contributed by atoms with Crippen molar-refractivity contribution in [1.82, 2.24) is 9.62 Å². The van der Waals surface area contributed by atoms with Crippen molar-refractivity contribution in [3.63, 3.8) is 0 Å². The lowest BCUT2D eigenvalue weighted by Gasteiger charge is -2.19. The molecule has 34 heavy (non-hydrogen) atoms. The first-order valence-electron chi connectivity index (χ1n) is 10.5. The summed E-state index contributed by atoms with van der Waals surface area (Å²) in [6.45, 7) is 2.49. The average Bonchev–Trinajstić information content (AvgIpc) is 2.77. The highest BCUT2D eigenvalue weighted by atomic mass is 32.2. The quantitative estimate of drug-likeness (QED) is 0.485. The number of amides is 2. The number of hydrogen-bond acceptors (Lipinski definition) is 7. The van der Waals surface area contributed by atoms with Crippen molar-refractivity contribution in [2.45, 2.75) is 31.3 Å². The van der Waals surface area contributed by atoms with Crippen molar-refractivity contribution in [3.05, 3.63) is 54.1 Å². The lowest BCUT2D eigenvalue weighted by atomic mass is 10.2. The molecule has 11 heteroatoms. The molecule has 2 rings (SSSR count). The number of nitrogens with one attached hydrogen (secondary N) is 2. The maximum absolute atomic E-state index is 12.5. The summed E-state index contributed by atoms with van der Waals surface area (Å²) in [7, 11) is 1.44. The molecule has 0 heterocycles. The van der Waals surface area contributed by atoms with E-state index in [0.717, 1.165) is 11.3 Å². The number of carbonyl (C=O) groups excluding carboxylic acids is 3. The van der Waals surface area contributed by atoms with Crippen LogP contribution in [0.5, 0.6) is 0 Å². The second-order valence-corrected chi connectivity index (χ2v) is 9.68. The third kappa shape index (κ3) is 7.85. The fourth-order valence-electron chi connectivity index (χ4n) is 2.90. The molecule has 0 spiro atoms. The predicted molar refractivity (Wildman–Crippen MR) is 129 cm³/mol. The van der Waals surface area contributed by atoms with Crippen LogP contribution in [0.1, 0.15) is 19.4 Å². The highest BCUT2D eigenvalue weighted by molar-refractivity contribution is 7.89. The minimum Gasteiger partial charge on any atom is -0.454 e. The second-order valence-electron chi connectivity index (χ2n) is 7.97. The lowest BCUT2D eigenvalue weighted by molar-refractivity contribution is -0.152. The molecule has 2 amide bonds. The van der Waals surface area contributed by atoms with E-state index in [-0.39, 0.29) is 10.8 Å². The van der Waals surface area contributed by atoms with Crippen molar-refractivity contribution < 1.29 is 27.5 Å². The van der Waals surface area contributed by atoms with Gasteiger partial charge < -0.3 is 19.9 Å². The molecule has 2 aromatic rings. The summed E-state index contributed by atoms with van der Waals surface area (Å²) in [6, 6.07) is 11.9. The van der Waals surface area contributed by atoms with E-state index in [0.29, 0.717) is 12.2 Å². The molecule has 0 aromatic heterocycles. The summed E-state index contributed by atoms with van der Waals surface area (Å²) in [5, 5.41) is 2.53. The molecule has 0 aliphatic carbocycles. The first-order valence-corrected chi connectivity index (χ1v) is 11.9. The number of esters is 1. The molecule has 0 saturated carbocycles. The maximum Gasteiger partial charge on any atom is 0.324 e. The molecule has 2 N–H and O–H groups in total. The zero-order chi connectivity index (χ0) is 25.5. The van der Waals surface area contributed by atoms with E-state index in [1.54, 1.807) is 7.05 Å². The lowest BCUT2D eigenvalue weighted by Crippen LogP contribution is -2.41. The van der Waals surface area contributed by atoms with Gasteiger partial charge in [0.05, 0.1) is 4.90 Å². The van der Waals surface area contributed by atoms with Gasteiger partial charge in [-0.2, -0.15) is 4.72 Å². The summed E-state index contributed by atoms with van der Waals surface area (Å²) in [6.07, 6.45) is 0. The SMILES string of the molecule is CC(=O)Nc1ccc(S(=O)(=O)N[C@@H](C)C(=O)OCC(=O)N(C)Cc2ccc(N(C)C)cc2)cc1. The summed E-state index contributed by atoms with van der Waals surface area (Å²) >= 11 is 0. The van der Waals surface area contributed by atoms with Crippen molar-refractivity contribution in [2.24, 2.45) is 0 Å². The van der Waals surface area contributed by atoms with Gasteiger partial charge in [0.15, 0.2) is 6.61 Å². The van der Waals surface area contributed by atoms with Crippen molar-refractivity contribution in [2.75, 3.05) is 38.0 Å². The highest BCUT2D eigenvalue weighted by Gasteiger charge is 2.24. The Morgan fingerprint density at radius 3 is 2.09 bits per heavy atom. The number of benzene rings is 2. The van der Waals surface area contributed by atoms with Crippen LogP contribution >= 0.6 is 0 Å². The third-order valence-electron chi connectivity index (χ3n) is 4.81. The van der Waals surface area contributed by atoms with Gasteiger partial charge in [-0.25, -0.2) is 8.42 Å². The minimum absolute atomic E-state index is 0.0858. The molecule has 184 valence electrons. The summed E-state index contributed by atoms with van der Waals surface area (Å²) in [4.78, 5) is 39.0. The van der Waals surface area contributed by atoms with Crippen LogP contribution in [0.2, 0.25) is 0 Å². The Hall–Kier alpha value is -3.44. The standard InChI is InChI=1S/C23H30N4O6S/c1-16(25-34(31,32)21-12-8-19(9-13-21)24-17(2)28)23(30)33-15-22(29)27(5)14-18-6-10-20(11-7-18)26(3)4/h6-13,16,25H,14-15H2,1-5H3,(H,24,28)/t16-/m0/s1.